The lowest BCUT2D eigenvalue weighted by Crippen LogP contribution is -2.09. The quantitative estimate of drug-likeness (QED) is 0.202. The molecule has 36 heavy (non-hydrogen) atoms. The van der Waals surface area contributed by atoms with Crippen LogP contribution >= 0.6 is 11.3 Å². The standard InChI is InChI=1S/C28H23N3O4S/c1-17-26-22(28(33)35-16-20-14-19(18(2)32)11-12-24(20)34-3)15-23(25-10-7-13-36-25)29-27(26)31(30-17)21-8-5-4-6-9-21/h4-15H,16H2,1-3H3. The zero-order valence-electron chi connectivity index (χ0n) is 20.0. The van der Waals surface area contributed by atoms with Crippen LogP contribution in [-0.4, -0.2) is 33.6 Å². The van der Waals surface area contributed by atoms with Crippen molar-refractivity contribution < 1.29 is 19.1 Å². The minimum atomic E-state index is -0.508. The van der Waals surface area contributed by atoms with Gasteiger partial charge in [0.15, 0.2) is 11.4 Å². The number of methoxy groups -OCH3 is 1. The van der Waals surface area contributed by atoms with Gasteiger partial charge in [-0.3, -0.25) is 4.79 Å². The van der Waals surface area contributed by atoms with Crippen LogP contribution in [-0.2, 0) is 11.3 Å². The molecule has 0 atom stereocenters. The highest BCUT2D eigenvalue weighted by Gasteiger charge is 2.22. The molecule has 5 rings (SSSR count). The van der Waals surface area contributed by atoms with Crippen molar-refractivity contribution in [2.24, 2.45) is 0 Å². The van der Waals surface area contributed by atoms with Crippen LogP contribution in [0.15, 0.2) is 72.1 Å². The molecule has 0 unspecified atom stereocenters. The number of aryl methyl sites for hydroxylation is 1. The first-order valence-corrected chi connectivity index (χ1v) is 12.2. The number of nitrogens with zero attached hydrogens (tertiary/aromatic N) is 3. The summed E-state index contributed by atoms with van der Waals surface area (Å²) in [6.45, 7) is 3.29. The molecular weight excluding hydrogens is 474 g/mol. The molecule has 3 heterocycles. The molecule has 0 aliphatic carbocycles. The van der Waals surface area contributed by atoms with Crippen LogP contribution < -0.4 is 4.74 Å². The Balaban J connectivity index is 1.59. The largest absolute Gasteiger partial charge is 0.496 e. The van der Waals surface area contributed by atoms with Crippen LogP contribution in [0.25, 0.3) is 27.3 Å². The number of hydrogen-bond donors (Lipinski definition) is 0. The summed E-state index contributed by atoms with van der Waals surface area (Å²) in [5.41, 5.74) is 4.26. The first-order valence-electron chi connectivity index (χ1n) is 11.3. The average Bonchev–Trinajstić information content (AvgIpc) is 3.55. The van der Waals surface area contributed by atoms with Gasteiger partial charge in [0.05, 0.1) is 40.0 Å². The molecule has 0 fully saturated rings. The van der Waals surface area contributed by atoms with E-state index >= 15 is 0 Å². The molecule has 0 N–H and O–H groups in total. The van der Waals surface area contributed by atoms with Gasteiger partial charge in [-0.25, -0.2) is 14.5 Å². The van der Waals surface area contributed by atoms with Gasteiger partial charge in [0.2, 0.25) is 0 Å². The zero-order chi connectivity index (χ0) is 25.2. The number of para-hydroxylation sites is 1. The number of thiophene rings is 1. The molecule has 0 aliphatic rings. The SMILES string of the molecule is COc1ccc(C(C)=O)cc1COC(=O)c1cc(-c2cccs2)nc2c1c(C)nn2-c1ccccc1. The van der Waals surface area contributed by atoms with Gasteiger partial charge in [-0.05, 0) is 61.7 Å². The fourth-order valence-electron chi connectivity index (χ4n) is 4.08. The molecular formula is C28H23N3O4S. The Morgan fingerprint density at radius 3 is 2.53 bits per heavy atom. The minimum Gasteiger partial charge on any atom is -0.496 e. The second kappa shape index (κ2) is 9.75. The molecule has 0 saturated carbocycles. The summed E-state index contributed by atoms with van der Waals surface area (Å²) >= 11 is 1.54. The zero-order valence-corrected chi connectivity index (χ0v) is 20.8. The smallest absolute Gasteiger partial charge is 0.339 e. The summed E-state index contributed by atoms with van der Waals surface area (Å²) in [7, 11) is 1.54. The maximum absolute atomic E-state index is 13.5. The maximum atomic E-state index is 13.5. The number of fused-ring (bicyclic) bond motifs is 1. The van der Waals surface area contributed by atoms with E-state index in [0.717, 1.165) is 10.6 Å². The van der Waals surface area contributed by atoms with E-state index in [1.807, 2.05) is 54.8 Å². The van der Waals surface area contributed by atoms with Crippen LogP contribution in [0.3, 0.4) is 0 Å². The molecule has 0 bridgehead atoms. The number of esters is 1. The lowest BCUT2D eigenvalue weighted by Gasteiger charge is -2.12. The topological polar surface area (TPSA) is 83.3 Å². The number of pyridine rings is 1. The van der Waals surface area contributed by atoms with Crippen LogP contribution in [0.5, 0.6) is 5.75 Å². The Kier molecular flexibility index (Phi) is 6.35. The van der Waals surface area contributed by atoms with Gasteiger partial charge in [0.1, 0.15) is 12.4 Å². The van der Waals surface area contributed by atoms with Crippen LogP contribution in [0.1, 0.15) is 38.9 Å². The van der Waals surface area contributed by atoms with E-state index in [1.54, 1.807) is 40.3 Å². The maximum Gasteiger partial charge on any atom is 0.339 e. The Morgan fingerprint density at radius 2 is 1.83 bits per heavy atom. The van der Waals surface area contributed by atoms with Crippen LogP contribution in [0.4, 0.5) is 0 Å². The summed E-state index contributed by atoms with van der Waals surface area (Å²) in [4.78, 5) is 31.1. The number of benzene rings is 2. The first kappa shape index (κ1) is 23.4. The van der Waals surface area contributed by atoms with E-state index in [2.05, 4.69) is 0 Å². The van der Waals surface area contributed by atoms with Gasteiger partial charge < -0.3 is 9.47 Å². The summed E-state index contributed by atoms with van der Waals surface area (Å²) in [6, 6.07) is 20.4. The van der Waals surface area contributed by atoms with Gasteiger partial charge in [0.25, 0.3) is 0 Å². The molecule has 7 nitrogen and oxygen atoms in total. The van der Waals surface area contributed by atoms with Crippen molar-refractivity contribution in [1.82, 2.24) is 14.8 Å². The number of carbonyl (C=O) groups excluding carboxylic acids is 2. The van der Waals surface area contributed by atoms with Crippen molar-refractivity contribution in [3.8, 4) is 22.0 Å². The molecule has 180 valence electrons. The summed E-state index contributed by atoms with van der Waals surface area (Å²) in [5.74, 6) is -0.0446. The van der Waals surface area contributed by atoms with Gasteiger partial charge in [-0.1, -0.05) is 24.3 Å². The fourth-order valence-corrected chi connectivity index (χ4v) is 4.77. The Bertz CT molecular complexity index is 1570. The van der Waals surface area contributed by atoms with E-state index in [0.29, 0.717) is 44.9 Å². The van der Waals surface area contributed by atoms with Gasteiger partial charge >= 0.3 is 5.97 Å². The number of ether oxygens (including phenoxy) is 2. The third-order valence-electron chi connectivity index (χ3n) is 5.85. The van der Waals surface area contributed by atoms with Crippen molar-refractivity contribution in [1.29, 1.82) is 0 Å². The summed E-state index contributed by atoms with van der Waals surface area (Å²) < 4.78 is 12.9. The molecule has 0 aliphatic heterocycles. The van der Waals surface area contributed by atoms with Gasteiger partial charge in [0, 0.05) is 11.1 Å². The molecule has 3 aromatic heterocycles. The lowest BCUT2D eigenvalue weighted by molar-refractivity contribution is 0.0472. The monoisotopic (exact) mass is 497 g/mol. The summed E-state index contributed by atoms with van der Waals surface area (Å²) in [6.07, 6.45) is 0. The highest BCUT2D eigenvalue weighted by Crippen LogP contribution is 2.31. The fraction of sp³-hybridized carbons (Fsp3) is 0.143. The van der Waals surface area contributed by atoms with Crippen LogP contribution in [0.2, 0.25) is 0 Å². The third kappa shape index (κ3) is 4.38. The Morgan fingerprint density at radius 1 is 1.03 bits per heavy atom. The Hall–Kier alpha value is -4.30. The third-order valence-corrected chi connectivity index (χ3v) is 6.75. The second-order valence-corrected chi connectivity index (χ2v) is 9.17. The van der Waals surface area contributed by atoms with Crippen LogP contribution in [0, 0.1) is 6.92 Å². The predicted octanol–water partition coefficient (Wildman–Crippen LogP) is 6.03. The molecule has 0 amide bonds. The summed E-state index contributed by atoms with van der Waals surface area (Å²) in [5, 5.41) is 7.29. The molecule has 0 spiro atoms. The van der Waals surface area contributed by atoms with Crippen molar-refractivity contribution in [3.63, 3.8) is 0 Å². The molecule has 2 aromatic carbocycles. The highest BCUT2D eigenvalue weighted by atomic mass is 32.1. The number of carbonyl (C=O) groups is 2. The number of aromatic nitrogens is 3. The van der Waals surface area contributed by atoms with Gasteiger partial charge in [-0.2, -0.15) is 5.10 Å². The van der Waals surface area contributed by atoms with Gasteiger partial charge in [-0.15, -0.1) is 11.3 Å². The van der Waals surface area contributed by atoms with E-state index in [-0.39, 0.29) is 12.4 Å². The van der Waals surface area contributed by atoms with Crippen molar-refractivity contribution in [2.45, 2.75) is 20.5 Å². The second-order valence-electron chi connectivity index (χ2n) is 8.22. The lowest BCUT2D eigenvalue weighted by atomic mass is 10.1. The normalized spacial score (nSPS) is 11.0. The predicted molar refractivity (Wildman–Crippen MR) is 139 cm³/mol. The van der Waals surface area contributed by atoms with E-state index in [4.69, 9.17) is 19.6 Å². The van der Waals surface area contributed by atoms with Crippen molar-refractivity contribution in [3.05, 3.63) is 94.5 Å². The van der Waals surface area contributed by atoms with E-state index in [9.17, 15) is 9.59 Å². The van der Waals surface area contributed by atoms with Crippen molar-refractivity contribution in [2.75, 3.05) is 7.11 Å². The van der Waals surface area contributed by atoms with Crippen molar-refractivity contribution >= 4 is 34.1 Å². The minimum absolute atomic E-state index is 0.0485. The molecule has 5 aromatic rings. The van der Waals surface area contributed by atoms with E-state index in [1.165, 1.54) is 14.0 Å². The van der Waals surface area contributed by atoms with E-state index < -0.39 is 5.97 Å². The number of rotatable bonds is 7. The number of hydrogen-bond acceptors (Lipinski definition) is 7. The molecule has 0 saturated heterocycles. The molecule has 0 radical (unpaired) electrons. The average molecular weight is 498 g/mol. The number of Topliss-reactive ketones (excluding diaryl/α,β-unsaturated/α-hetero) is 1. The highest BCUT2D eigenvalue weighted by molar-refractivity contribution is 7.13. The number of ketones is 1. The Labute approximate surface area is 211 Å². The first-order chi connectivity index (χ1) is 17.5. The molecule has 8 heteroatoms.